The van der Waals surface area contributed by atoms with E-state index in [0.29, 0.717) is 23.9 Å². The largest absolute Gasteiger partial charge is 0.497 e. The molecule has 1 aromatic carbocycles. The highest BCUT2D eigenvalue weighted by Gasteiger charge is 2.27. The number of benzene rings is 1. The molecule has 0 amide bonds. The Balaban J connectivity index is 1.82. The standard InChI is InChI=1S/C21H21N3O3S/c1-4-28-21-17-9-16-14(11-25)10-22-12(2)18(16)27-20(17)23-19(24-21)13-5-7-15(26-3)8-6-13/h5-8,10,25H,4,9,11H2,1-3H3. The van der Waals surface area contributed by atoms with Crippen LogP contribution in [-0.4, -0.2) is 32.9 Å². The Bertz CT molecular complexity index is 1020. The van der Waals surface area contributed by atoms with Gasteiger partial charge >= 0.3 is 0 Å². The average Bonchev–Trinajstić information content (AvgIpc) is 2.73. The lowest BCUT2D eigenvalue weighted by Crippen LogP contribution is -2.13. The molecule has 0 fully saturated rings. The van der Waals surface area contributed by atoms with E-state index in [2.05, 4.69) is 11.9 Å². The van der Waals surface area contributed by atoms with Crippen molar-refractivity contribution in [1.29, 1.82) is 0 Å². The molecule has 28 heavy (non-hydrogen) atoms. The van der Waals surface area contributed by atoms with Crippen LogP contribution < -0.4 is 9.47 Å². The summed E-state index contributed by atoms with van der Waals surface area (Å²) >= 11 is 1.66. The molecular weight excluding hydrogens is 374 g/mol. The maximum Gasteiger partial charge on any atom is 0.227 e. The molecule has 3 heterocycles. The van der Waals surface area contributed by atoms with Crippen molar-refractivity contribution in [2.75, 3.05) is 12.9 Å². The summed E-state index contributed by atoms with van der Waals surface area (Å²) in [7, 11) is 1.64. The normalized spacial score (nSPS) is 12.1. The number of pyridine rings is 1. The quantitative estimate of drug-likeness (QED) is 0.402. The molecule has 0 saturated heterocycles. The first-order chi connectivity index (χ1) is 13.6. The minimum atomic E-state index is -0.0741. The fourth-order valence-corrected chi connectivity index (χ4v) is 3.98. The number of hydrogen-bond donors (Lipinski definition) is 1. The fourth-order valence-electron chi connectivity index (χ4n) is 3.22. The number of aliphatic hydroxyl groups excluding tert-OH is 1. The first kappa shape index (κ1) is 18.7. The van der Waals surface area contributed by atoms with Gasteiger partial charge < -0.3 is 14.6 Å². The number of aromatic nitrogens is 3. The minimum Gasteiger partial charge on any atom is -0.497 e. The maximum absolute atomic E-state index is 9.70. The first-order valence-electron chi connectivity index (χ1n) is 9.08. The third-order valence-corrected chi connectivity index (χ3v) is 5.59. The molecule has 0 radical (unpaired) electrons. The number of methoxy groups -OCH3 is 1. The van der Waals surface area contributed by atoms with Crippen LogP contribution in [0.25, 0.3) is 11.4 Å². The van der Waals surface area contributed by atoms with E-state index in [9.17, 15) is 5.11 Å². The molecule has 1 aliphatic heterocycles. The van der Waals surface area contributed by atoms with E-state index in [4.69, 9.17) is 19.4 Å². The molecule has 7 heteroatoms. The summed E-state index contributed by atoms with van der Waals surface area (Å²) in [5.74, 6) is 3.54. The van der Waals surface area contributed by atoms with Gasteiger partial charge in [-0.15, -0.1) is 11.8 Å². The van der Waals surface area contributed by atoms with Crippen LogP contribution in [0.4, 0.5) is 0 Å². The Kier molecular flexibility index (Phi) is 5.19. The van der Waals surface area contributed by atoms with Crippen LogP contribution >= 0.6 is 11.8 Å². The Hall–Kier alpha value is -2.64. The van der Waals surface area contributed by atoms with E-state index < -0.39 is 0 Å². The van der Waals surface area contributed by atoms with E-state index in [1.807, 2.05) is 31.2 Å². The second-order valence-corrected chi connectivity index (χ2v) is 7.66. The fraction of sp³-hybridized carbons (Fsp3) is 0.286. The van der Waals surface area contributed by atoms with Crippen molar-refractivity contribution in [3.8, 4) is 28.8 Å². The summed E-state index contributed by atoms with van der Waals surface area (Å²) < 4.78 is 11.4. The van der Waals surface area contributed by atoms with Gasteiger partial charge in [0.05, 0.1) is 25.0 Å². The van der Waals surface area contributed by atoms with Gasteiger partial charge in [0.25, 0.3) is 0 Å². The van der Waals surface area contributed by atoms with Crippen LogP contribution in [-0.2, 0) is 13.0 Å². The SMILES string of the molecule is CCSc1nc(-c2ccc(OC)cc2)nc2c1Cc1c(CO)cnc(C)c1O2. The number of hydrogen-bond acceptors (Lipinski definition) is 7. The zero-order chi connectivity index (χ0) is 19.7. The van der Waals surface area contributed by atoms with Crippen LogP contribution in [0.2, 0.25) is 0 Å². The lowest BCUT2D eigenvalue weighted by molar-refractivity contribution is 0.278. The monoisotopic (exact) mass is 395 g/mol. The second kappa shape index (κ2) is 7.77. The molecule has 6 nitrogen and oxygen atoms in total. The predicted octanol–water partition coefficient (Wildman–Crippen LogP) is 4.16. The molecule has 0 aliphatic carbocycles. The van der Waals surface area contributed by atoms with Crippen LogP contribution in [0.1, 0.15) is 29.3 Å². The number of ether oxygens (including phenoxy) is 2. The smallest absolute Gasteiger partial charge is 0.227 e. The van der Waals surface area contributed by atoms with Gasteiger partial charge in [0.15, 0.2) is 11.6 Å². The van der Waals surface area contributed by atoms with Gasteiger partial charge in [0, 0.05) is 29.3 Å². The topological polar surface area (TPSA) is 77.4 Å². The van der Waals surface area contributed by atoms with Crippen LogP contribution in [0.15, 0.2) is 35.5 Å². The van der Waals surface area contributed by atoms with Crippen LogP contribution in [0.5, 0.6) is 17.4 Å². The molecule has 0 saturated carbocycles. The highest BCUT2D eigenvalue weighted by atomic mass is 32.2. The Morgan fingerprint density at radius 2 is 1.96 bits per heavy atom. The summed E-state index contributed by atoms with van der Waals surface area (Å²) in [5, 5.41) is 10.6. The number of thioether (sulfide) groups is 1. The Morgan fingerprint density at radius 3 is 2.64 bits per heavy atom. The molecule has 4 rings (SSSR count). The van der Waals surface area contributed by atoms with Gasteiger partial charge in [-0.25, -0.2) is 4.98 Å². The highest BCUT2D eigenvalue weighted by molar-refractivity contribution is 7.99. The molecule has 144 valence electrons. The van der Waals surface area contributed by atoms with E-state index in [0.717, 1.165) is 44.5 Å². The van der Waals surface area contributed by atoms with Crippen LogP contribution in [0.3, 0.4) is 0 Å². The minimum absolute atomic E-state index is 0.0741. The molecular formula is C21H21N3O3S. The summed E-state index contributed by atoms with van der Waals surface area (Å²) in [5.41, 5.74) is 4.37. The summed E-state index contributed by atoms with van der Waals surface area (Å²) in [6.07, 6.45) is 2.33. The zero-order valence-electron chi connectivity index (χ0n) is 16.0. The van der Waals surface area contributed by atoms with Crippen LogP contribution in [0, 0.1) is 6.92 Å². The predicted molar refractivity (Wildman–Crippen MR) is 108 cm³/mol. The lowest BCUT2D eigenvalue weighted by Gasteiger charge is -2.24. The molecule has 0 bridgehead atoms. The van der Waals surface area contributed by atoms with Gasteiger partial charge in [-0.05, 0) is 36.9 Å². The number of aliphatic hydroxyl groups is 1. The van der Waals surface area contributed by atoms with E-state index in [-0.39, 0.29) is 6.61 Å². The van der Waals surface area contributed by atoms with Gasteiger partial charge in [0.1, 0.15) is 10.8 Å². The van der Waals surface area contributed by atoms with E-state index in [1.165, 1.54) is 0 Å². The number of fused-ring (bicyclic) bond motifs is 2. The summed E-state index contributed by atoms with van der Waals surface area (Å²) in [6, 6.07) is 7.66. The van der Waals surface area contributed by atoms with Crippen molar-refractivity contribution >= 4 is 11.8 Å². The number of rotatable bonds is 5. The average molecular weight is 395 g/mol. The van der Waals surface area contributed by atoms with Crippen molar-refractivity contribution in [2.45, 2.75) is 31.9 Å². The lowest BCUT2D eigenvalue weighted by atomic mass is 9.99. The Morgan fingerprint density at radius 1 is 1.18 bits per heavy atom. The number of nitrogens with zero attached hydrogens (tertiary/aromatic N) is 3. The van der Waals surface area contributed by atoms with Gasteiger partial charge in [-0.2, -0.15) is 4.98 Å². The molecule has 1 N–H and O–H groups in total. The molecule has 0 unspecified atom stereocenters. The molecule has 3 aromatic rings. The second-order valence-electron chi connectivity index (χ2n) is 6.41. The number of aryl methyl sites for hydroxylation is 1. The first-order valence-corrected chi connectivity index (χ1v) is 10.1. The van der Waals surface area contributed by atoms with Crippen molar-refractivity contribution in [2.24, 2.45) is 0 Å². The maximum atomic E-state index is 9.70. The third-order valence-electron chi connectivity index (χ3n) is 4.69. The zero-order valence-corrected chi connectivity index (χ0v) is 16.8. The van der Waals surface area contributed by atoms with Gasteiger partial charge in [0.2, 0.25) is 5.88 Å². The van der Waals surface area contributed by atoms with Crippen molar-refractivity contribution in [3.63, 3.8) is 0 Å². The molecule has 1 aliphatic rings. The molecule has 0 atom stereocenters. The van der Waals surface area contributed by atoms with E-state index in [1.54, 1.807) is 25.1 Å². The third kappa shape index (κ3) is 3.31. The highest BCUT2D eigenvalue weighted by Crippen LogP contribution is 2.42. The van der Waals surface area contributed by atoms with Crippen molar-refractivity contribution in [3.05, 3.63) is 52.8 Å². The van der Waals surface area contributed by atoms with Gasteiger partial charge in [-0.1, -0.05) is 6.92 Å². The molecule has 2 aromatic heterocycles. The summed E-state index contributed by atoms with van der Waals surface area (Å²) in [4.78, 5) is 13.9. The Labute approximate surface area is 168 Å². The van der Waals surface area contributed by atoms with Crippen molar-refractivity contribution in [1.82, 2.24) is 15.0 Å². The summed E-state index contributed by atoms with van der Waals surface area (Å²) in [6.45, 7) is 3.92. The van der Waals surface area contributed by atoms with Gasteiger partial charge in [-0.3, -0.25) is 4.98 Å². The van der Waals surface area contributed by atoms with Crippen molar-refractivity contribution < 1.29 is 14.6 Å². The van der Waals surface area contributed by atoms with E-state index >= 15 is 0 Å². The molecule has 0 spiro atoms.